The molecule has 6 heteroatoms. The van der Waals surface area contributed by atoms with Crippen LogP contribution in [-0.2, 0) is 0 Å². The molecule has 0 radical (unpaired) electrons. The maximum absolute atomic E-state index is 11.0. The van der Waals surface area contributed by atoms with Gasteiger partial charge in [0.05, 0.1) is 23.4 Å². The third kappa shape index (κ3) is 3.15. The van der Waals surface area contributed by atoms with E-state index < -0.39 is 5.97 Å². The van der Waals surface area contributed by atoms with Crippen LogP contribution in [0.1, 0.15) is 30.1 Å². The number of hydrogen-bond donors (Lipinski definition) is 1. The molecule has 0 aliphatic rings. The average molecular weight is 311 g/mol. The molecule has 0 saturated heterocycles. The van der Waals surface area contributed by atoms with Crippen molar-refractivity contribution in [2.45, 2.75) is 19.8 Å². The fourth-order valence-corrected chi connectivity index (χ4v) is 2.27. The van der Waals surface area contributed by atoms with Crippen LogP contribution in [-0.4, -0.2) is 32.7 Å². The molecule has 0 unspecified atom stereocenters. The second-order valence-electron chi connectivity index (χ2n) is 5.21. The van der Waals surface area contributed by atoms with E-state index in [1.54, 1.807) is 16.8 Å². The largest absolute Gasteiger partial charge is 0.494 e. The van der Waals surface area contributed by atoms with E-state index in [1.807, 2.05) is 24.3 Å². The Balaban J connectivity index is 1.86. The number of unbranched alkanes of at least 4 members (excludes halogenated alkanes) is 1. The van der Waals surface area contributed by atoms with E-state index in [-0.39, 0.29) is 5.56 Å². The monoisotopic (exact) mass is 311 g/mol. The van der Waals surface area contributed by atoms with Crippen LogP contribution in [0.25, 0.3) is 16.7 Å². The number of carboxylic acids is 1. The fraction of sp³-hybridized carbons (Fsp3) is 0.235. The molecule has 0 atom stereocenters. The van der Waals surface area contributed by atoms with Crippen LogP contribution in [0.15, 0.2) is 42.5 Å². The first kappa shape index (κ1) is 15.0. The van der Waals surface area contributed by atoms with Crippen LogP contribution < -0.4 is 4.74 Å². The Morgan fingerprint density at radius 2 is 2.00 bits per heavy atom. The predicted octanol–water partition coefficient (Wildman–Crippen LogP) is 3.30. The van der Waals surface area contributed by atoms with Crippen molar-refractivity contribution in [3.8, 4) is 11.4 Å². The van der Waals surface area contributed by atoms with Crippen LogP contribution in [0.4, 0.5) is 0 Å². The van der Waals surface area contributed by atoms with E-state index in [9.17, 15) is 4.79 Å². The minimum atomic E-state index is -0.977. The molecule has 23 heavy (non-hydrogen) atoms. The number of aromatic nitrogens is 3. The van der Waals surface area contributed by atoms with Crippen molar-refractivity contribution >= 4 is 17.0 Å². The minimum Gasteiger partial charge on any atom is -0.494 e. The lowest BCUT2D eigenvalue weighted by atomic mass is 10.2. The van der Waals surface area contributed by atoms with Crippen molar-refractivity contribution < 1.29 is 14.6 Å². The Kier molecular flexibility index (Phi) is 4.23. The molecule has 0 aliphatic heterocycles. The fourth-order valence-electron chi connectivity index (χ4n) is 2.27. The van der Waals surface area contributed by atoms with Crippen LogP contribution in [0.2, 0.25) is 0 Å². The number of hydrogen-bond acceptors (Lipinski definition) is 4. The lowest BCUT2D eigenvalue weighted by Gasteiger charge is -2.07. The summed E-state index contributed by atoms with van der Waals surface area (Å²) < 4.78 is 7.32. The van der Waals surface area contributed by atoms with Crippen molar-refractivity contribution in [3.63, 3.8) is 0 Å². The summed E-state index contributed by atoms with van der Waals surface area (Å²) in [6.45, 7) is 2.83. The smallest absolute Gasteiger partial charge is 0.335 e. The summed E-state index contributed by atoms with van der Waals surface area (Å²) in [5.41, 5.74) is 2.35. The van der Waals surface area contributed by atoms with Gasteiger partial charge in [-0.1, -0.05) is 18.6 Å². The summed E-state index contributed by atoms with van der Waals surface area (Å²) in [5, 5.41) is 17.2. The second kappa shape index (κ2) is 6.48. The van der Waals surface area contributed by atoms with Gasteiger partial charge in [-0.05, 0) is 48.9 Å². The number of fused-ring (bicyclic) bond motifs is 1. The molecule has 118 valence electrons. The molecule has 1 heterocycles. The van der Waals surface area contributed by atoms with Crippen LogP contribution in [0.3, 0.4) is 0 Å². The Morgan fingerprint density at radius 1 is 1.22 bits per heavy atom. The lowest BCUT2D eigenvalue weighted by Crippen LogP contribution is -1.99. The van der Waals surface area contributed by atoms with E-state index in [0.29, 0.717) is 12.1 Å². The number of aromatic carboxylic acids is 1. The first-order valence-electron chi connectivity index (χ1n) is 7.51. The summed E-state index contributed by atoms with van der Waals surface area (Å²) in [6, 6.07) is 12.4. The molecule has 0 bridgehead atoms. The maximum atomic E-state index is 11.0. The Labute approximate surface area is 133 Å². The number of nitrogens with zero attached hydrogens (tertiary/aromatic N) is 3. The van der Waals surface area contributed by atoms with Gasteiger partial charge in [0.25, 0.3) is 0 Å². The highest BCUT2D eigenvalue weighted by molar-refractivity contribution is 5.92. The van der Waals surface area contributed by atoms with Crippen molar-refractivity contribution in [2.75, 3.05) is 6.61 Å². The van der Waals surface area contributed by atoms with Crippen molar-refractivity contribution in [1.29, 1.82) is 0 Å². The van der Waals surface area contributed by atoms with E-state index in [4.69, 9.17) is 9.84 Å². The maximum Gasteiger partial charge on any atom is 0.335 e. The average Bonchev–Trinajstić information content (AvgIpc) is 2.99. The molecule has 0 saturated carbocycles. The predicted molar refractivity (Wildman–Crippen MR) is 86.2 cm³/mol. The molecule has 6 nitrogen and oxygen atoms in total. The third-order valence-electron chi connectivity index (χ3n) is 3.54. The van der Waals surface area contributed by atoms with E-state index in [1.165, 1.54) is 6.07 Å². The lowest BCUT2D eigenvalue weighted by molar-refractivity contribution is 0.0697. The molecule has 0 spiro atoms. The number of benzene rings is 2. The van der Waals surface area contributed by atoms with Crippen LogP contribution in [0.5, 0.6) is 5.75 Å². The van der Waals surface area contributed by atoms with Gasteiger partial charge in [-0.2, -0.15) is 0 Å². The topological polar surface area (TPSA) is 77.2 Å². The molecule has 1 N–H and O–H groups in total. The zero-order valence-corrected chi connectivity index (χ0v) is 12.8. The van der Waals surface area contributed by atoms with Gasteiger partial charge in [0.15, 0.2) is 0 Å². The first-order chi connectivity index (χ1) is 11.2. The van der Waals surface area contributed by atoms with Gasteiger partial charge in [0.2, 0.25) is 0 Å². The SMILES string of the molecule is CCCCOc1ccc(-n2nnc3cc(C(=O)O)ccc32)cc1. The summed E-state index contributed by atoms with van der Waals surface area (Å²) in [5.74, 6) is -0.158. The molecule has 0 aliphatic carbocycles. The Bertz CT molecular complexity index is 825. The van der Waals surface area contributed by atoms with Gasteiger partial charge in [0.1, 0.15) is 11.3 Å². The zero-order valence-electron chi connectivity index (χ0n) is 12.8. The standard InChI is InChI=1S/C17H17N3O3/c1-2-3-10-23-14-7-5-13(6-8-14)20-16-9-4-12(17(21)22)11-15(16)18-19-20/h4-9,11H,2-3,10H2,1H3,(H,21,22). The summed E-state index contributed by atoms with van der Waals surface area (Å²) in [6.07, 6.45) is 2.13. The van der Waals surface area contributed by atoms with E-state index >= 15 is 0 Å². The van der Waals surface area contributed by atoms with Crippen molar-refractivity contribution in [1.82, 2.24) is 15.0 Å². The molecule has 3 rings (SSSR count). The number of carbonyl (C=O) groups is 1. The molecular formula is C17H17N3O3. The quantitative estimate of drug-likeness (QED) is 0.707. The van der Waals surface area contributed by atoms with Gasteiger partial charge < -0.3 is 9.84 Å². The normalized spacial score (nSPS) is 10.8. The molecule has 0 fully saturated rings. The summed E-state index contributed by atoms with van der Waals surface area (Å²) in [4.78, 5) is 11.0. The van der Waals surface area contributed by atoms with Gasteiger partial charge in [-0.25, -0.2) is 9.48 Å². The van der Waals surface area contributed by atoms with E-state index in [2.05, 4.69) is 17.2 Å². The number of carboxylic acid groups (broad SMARTS) is 1. The van der Waals surface area contributed by atoms with Gasteiger partial charge in [0, 0.05) is 0 Å². The van der Waals surface area contributed by atoms with Gasteiger partial charge in [-0.15, -0.1) is 5.10 Å². The zero-order chi connectivity index (χ0) is 16.2. The second-order valence-corrected chi connectivity index (χ2v) is 5.21. The highest BCUT2D eigenvalue weighted by atomic mass is 16.5. The molecule has 1 aromatic heterocycles. The van der Waals surface area contributed by atoms with Crippen LogP contribution in [0, 0.1) is 0 Å². The minimum absolute atomic E-state index is 0.198. The number of ether oxygens (including phenoxy) is 1. The number of rotatable bonds is 6. The molecule has 3 aromatic rings. The molecule has 2 aromatic carbocycles. The molecule has 0 amide bonds. The Hall–Kier alpha value is -2.89. The van der Waals surface area contributed by atoms with E-state index in [0.717, 1.165) is 29.8 Å². The third-order valence-corrected chi connectivity index (χ3v) is 3.54. The molecular weight excluding hydrogens is 294 g/mol. The summed E-state index contributed by atoms with van der Waals surface area (Å²) >= 11 is 0. The summed E-state index contributed by atoms with van der Waals surface area (Å²) in [7, 11) is 0. The highest BCUT2D eigenvalue weighted by Gasteiger charge is 2.10. The van der Waals surface area contributed by atoms with Gasteiger partial charge in [-0.3, -0.25) is 0 Å². The first-order valence-corrected chi connectivity index (χ1v) is 7.51. The van der Waals surface area contributed by atoms with Crippen molar-refractivity contribution in [2.24, 2.45) is 0 Å². The van der Waals surface area contributed by atoms with Crippen LogP contribution >= 0.6 is 0 Å². The highest BCUT2D eigenvalue weighted by Crippen LogP contribution is 2.20. The Morgan fingerprint density at radius 3 is 2.70 bits per heavy atom. The van der Waals surface area contributed by atoms with Gasteiger partial charge >= 0.3 is 5.97 Å². The van der Waals surface area contributed by atoms with Crippen molar-refractivity contribution in [3.05, 3.63) is 48.0 Å².